The summed E-state index contributed by atoms with van der Waals surface area (Å²) in [6, 6.07) is 6.48. The van der Waals surface area contributed by atoms with Crippen LogP contribution in [0, 0.1) is 5.82 Å². The molecule has 0 radical (unpaired) electrons. The van der Waals surface area contributed by atoms with Crippen LogP contribution in [0.5, 0.6) is 0 Å². The molecule has 1 aromatic carbocycles. The number of imidazole rings is 1. The number of hydrogen-bond donors (Lipinski definition) is 0. The molecular weight excluding hydrogens is 257 g/mol. The maximum absolute atomic E-state index is 13.1. The van der Waals surface area contributed by atoms with E-state index < -0.39 is 0 Å². The van der Waals surface area contributed by atoms with Crippen LogP contribution < -0.4 is 0 Å². The normalized spacial score (nSPS) is 9.35. The second kappa shape index (κ2) is 8.72. The van der Waals surface area contributed by atoms with Crippen LogP contribution in [0.1, 0.15) is 25.1 Å². The van der Waals surface area contributed by atoms with Crippen LogP contribution in [-0.2, 0) is 13.0 Å². The van der Waals surface area contributed by atoms with Gasteiger partial charge in [-0.1, -0.05) is 31.1 Å². The second-order valence-electron chi connectivity index (χ2n) is 3.84. The van der Waals surface area contributed by atoms with Crippen molar-refractivity contribution in [1.29, 1.82) is 0 Å². The summed E-state index contributed by atoms with van der Waals surface area (Å²) in [6.45, 7) is 4.96. The molecule has 0 saturated carbocycles. The molecule has 1 aromatic heterocycles. The van der Waals surface area contributed by atoms with Crippen molar-refractivity contribution in [3.8, 4) is 0 Å². The van der Waals surface area contributed by atoms with Gasteiger partial charge in [-0.3, -0.25) is 0 Å². The first kappa shape index (κ1) is 15.7. The molecule has 5 nitrogen and oxygen atoms in total. The number of azide groups is 1. The molecule has 1 heterocycles. The number of aromatic nitrogens is 2. The van der Waals surface area contributed by atoms with Crippen LogP contribution in [-0.4, -0.2) is 16.1 Å². The highest BCUT2D eigenvalue weighted by atomic mass is 19.1. The van der Waals surface area contributed by atoms with Crippen LogP contribution in [0.4, 0.5) is 4.39 Å². The third-order valence-corrected chi connectivity index (χ3v) is 2.58. The molecule has 0 aliphatic carbocycles. The molecule has 20 heavy (non-hydrogen) atoms. The number of benzene rings is 1. The number of hydrogen-bond acceptors (Lipinski definition) is 2. The van der Waals surface area contributed by atoms with Gasteiger partial charge in [-0.15, -0.1) is 0 Å². The van der Waals surface area contributed by atoms with Gasteiger partial charge in [-0.2, -0.15) is 0 Å². The Morgan fingerprint density at radius 2 is 2.20 bits per heavy atom. The maximum Gasteiger partial charge on any atom is 0.123 e. The van der Waals surface area contributed by atoms with E-state index in [4.69, 9.17) is 5.53 Å². The van der Waals surface area contributed by atoms with Gasteiger partial charge < -0.3 is 4.57 Å². The zero-order valence-electron chi connectivity index (χ0n) is 11.7. The van der Waals surface area contributed by atoms with Gasteiger partial charge in [-0.25, -0.2) is 9.37 Å². The van der Waals surface area contributed by atoms with E-state index in [-0.39, 0.29) is 5.82 Å². The van der Waals surface area contributed by atoms with Crippen LogP contribution in [0.2, 0.25) is 0 Å². The molecule has 0 N–H and O–H groups in total. The Kier molecular flexibility index (Phi) is 6.85. The van der Waals surface area contributed by atoms with Crippen molar-refractivity contribution in [2.75, 3.05) is 6.54 Å². The van der Waals surface area contributed by atoms with Crippen molar-refractivity contribution in [2.24, 2.45) is 5.11 Å². The molecule has 2 rings (SSSR count). The number of rotatable bonds is 5. The molecule has 0 atom stereocenters. The number of halogens is 1. The summed E-state index contributed by atoms with van der Waals surface area (Å²) in [5.41, 5.74) is 10.1. The predicted octanol–water partition coefficient (Wildman–Crippen LogP) is 3.95. The van der Waals surface area contributed by atoms with Gasteiger partial charge in [0.25, 0.3) is 0 Å². The molecule has 6 heteroatoms. The van der Waals surface area contributed by atoms with Crippen molar-refractivity contribution >= 4 is 0 Å². The molecule has 0 bridgehead atoms. The Bertz CT molecular complexity index is 572. The summed E-state index contributed by atoms with van der Waals surface area (Å²) >= 11 is 0. The Morgan fingerprint density at radius 3 is 2.90 bits per heavy atom. The van der Waals surface area contributed by atoms with E-state index in [1.807, 2.05) is 24.5 Å². The molecule has 0 aliphatic heterocycles. The first-order chi connectivity index (χ1) is 9.79. The van der Waals surface area contributed by atoms with Gasteiger partial charge in [0.2, 0.25) is 0 Å². The zero-order chi connectivity index (χ0) is 14.8. The summed E-state index contributed by atoms with van der Waals surface area (Å²) in [5.74, 6) is -0.243. The Morgan fingerprint density at radius 1 is 1.40 bits per heavy atom. The van der Waals surface area contributed by atoms with Gasteiger partial charge in [0.05, 0.1) is 6.33 Å². The fourth-order valence-electron chi connectivity index (χ4n) is 1.75. The molecule has 0 fully saturated rings. The van der Waals surface area contributed by atoms with Crippen LogP contribution in [0.3, 0.4) is 0 Å². The molecule has 2 aromatic rings. The first-order valence-electron chi connectivity index (χ1n) is 6.54. The van der Waals surface area contributed by atoms with Crippen LogP contribution >= 0.6 is 0 Å². The molecule has 0 amide bonds. The summed E-state index contributed by atoms with van der Waals surface area (Å²) in [4.78, 5) is 6.76. The van der Waals surface area contributed by atoms with E-state index >= 15 is 0 Å². The lowest BCUT2D eigenvalue weighted by Gasteiger charge is -2.06. The van der Waals surface area contributed by atoms with E-state index in [1.54, 1.807) is 18.6 Å². The average Bonchev–Trinajstić information content (AvgIpc) is 2.89. The molecule has 0 aliphatic rings. The van der Waals surface area contributed by atoms with Crippen molar-refractivity contribution < 1.29 is 4.39 Å². The van der Waals surface area contributed by atoms with Gasteiger partial charge in [-0.05, 0) is 23.2 Å². The topological polar surface area (TPSA) is 66.6 Å². The largest absolute Gasteiger partial charge is 0.334 e. The van der Waals surface area contributed by atoms with E-state index in [2.05, 4.69) is 15.0 Å². The summed E-state index contributed by atoms with van der Waals surface area (Å²) in [6.07, 6.45) is 4.02. The molecule has 106 valence electrons. The quantitative estimate of drug-likeness (QED) is 0.463. The lowest BCUT2D eigenvalue weighted by Crippen LogP contribution is -2.04. The molecular formula is C14H18FN5. The van der Waals surface area contributed by atoms with E-state index in [0.29, 0.717) is 19.5 Å². The third kappa shape index (κ3) is 4.74. The Labute approximate surface area is 117 Å². The minimum Gasteiger partial charge on any atom is -0.334 e. The van der Waals surface area contributed by atoms with E-state index in [9.17, 15) is 4.39 Å². The fourth-order valence-corrected chi connectivity index (χ4v) is 1.75. The lowest BCUT2D eigenvalue weighted by molar-refractivity contribution is 0.625. The van der Waals surface area contributed by atoms with Crippen molar-refractivity contribution in [3.63, 3.8) is 0 Å². The number of nitrogens with zero attached hydrogens (tertiary/aromatic N) is 5. The highest BCUT2D eigenvalue weighted by molar-refractivity contribution is 5.21. The molecule has 0 spiro atoms. The van der Waals surface area contributed by atoms with Crippen molar-refractivity contribution in [3.05, 3.63) is 64.3 Å². The summed E-state index contributed by atoms with van der Waals surface area (Å²) in [5, 5.41) is 3.48. The van der Waals surface area contributed by atoms with Crippen molar-refractivity contribution in [2.45, 2.75) is 26.8 Å². The molecule has 0 unspecified atom stereocenters. The highest BCUT2D eigenvalue weighted by Gasteiger charge is 2.03. The Hall–Kier alpha value is -2.33. The Balaban J connectivity index is 0.000000956. The predicted molar refractivity (Wildman–Crippen MR) is 76.8 cm³/mol. The smallest absolute Gasteiger partial charge is 0.123 e. The van der Waals surface area contributed by atoms with E-state index in [0.717, 1.165) is 11.3 Å². The lowest BCUT2D eigenvalue weighted by atomic mass is 10.1. The SMILES string of the molecule is CC.[N-]=[N+]=NCCn1cncc1Cc1cccc(F)c1. The monoisotopic (exact) mass is 275 g/mol. The van der Waals surface area contributed by atoms with Gasteiger partial charge in [0.1, 0.15) is 5.82 Å². The third-order valence-electron chi connectivity index (χ3n) is 2.58. The second-order valence-corrected chi connectivity index (χ2v) is 3.84. The van der Waals surface area contributed by atoms with Crippen LogP contribution in [0.25, 0.3) is 10.4 Å². The zero-order valence-corrected chi connectivity index (χ0v) is 11.7. The summed E-state index contributed by atoms with van der Waals surface area (Å²) < 4.78 is 15.0. The molecule has 0 saturated heterocycles. The van der Waals surface area contributed by atoms with E-state index in [1.165, 1.54) is 12.1 Å². The standard InChI is InChI=1S/C12H12FN5.C2H6/c13-11-3-1-2-10(6-11)7-12-8-15-9-18(12)5-4-16-17-14;1-2/h1-3,6,8-9H,4-5,7H2;1-2H3. The maximum atomic E-state index is 13.1. The minimum absolute atomic E-state index is 0.243. The van der Waals surface area contributed by atoms with Gasteiger partial charge in [0, 0.05) is 36.3 Å². The fraction of sp³-hybridized carbons (Fsp3) is 0.357. The minimum atomic E-state index is -0.243. The van der Waals surface area contributed by atoms with Crippen molar-refractivity contribution in [1.82, 2.24) is 9.55 Å². The van der Waals surface area contributed by atoms with Gasteiger partial charge in [0.15, 0.2) is 0 Å². The first-order valence-corrected chi connectivity index (χ1v) is 6.54. The average molecular weight is 275 g/mol. The highest BCUT2D eigenvalue weighted by Crippen LogP contribution is 2.10. The van der Waals surface area contributed by atoms with Gasteiger partial charge >= 0.3 is 0 Å². The summed E-state index contributed by atoms with van der Waals surface area (Å²) in [7, 11) is 0. The van der Waals surface area contributed by atoms with Crippen LogP contribution in [0.15, 0.2) is 41.9 Å².